The smallest absolute Gasteiger partial charge is 0.200 e. The van der Waals surface area contributed by atoms with E-state index in [1.54, 1.807) is 33.1 Å². The highest BCUT2D eigenvalue weighted by atomic mass is 19.2. The Morgan fingerprint density at radius 1 is 1.06 bits per heavy atom. The van der Waals surface area contributed by atoms with Gasteiger partial charge in [0.2, 0.25) is 0 Å². The number of halogens is 4. The van der Waals surface area contributed by atoms with E-state index in [9.17, 15) is 17.6 Å². The van der Waals surface area contributed by atoms with E-state index >= 15 is 0 Å². The van der Waals surface area contributed by atoms with Gasteiger partial charge in [-0.3, -0.25) is 0 Å². The third kappa shape index (κ3) is 7.83. The van der Waals surface area contributed by atoms with Gasteiger partial charge in [-0.1, -0.05) is 51.6 Å². The van der Waals surface area contributed by atoms with Crippen molar-refractivity contribution in [2.24, 2.45) is 11.8 Å². The highest BCUT2D eigenvalue weighted by molar-refractivity contribution is 5.67. The third-order valence-corrected chi connectivity index (χ3v) is 6.84. The van der Waals surface area contributed by atoms with Gasteiger partial charge in [-0.15, -0.1) is 0 Å². The second kappa shape index (κ2) is 13.7. The first-order chi connectivity index (χ1) is 16.6. The molecule has 0 aliphatic heterocycles. The van der Waals surface area contributed by atoms with Gasteiger partial charge in [0, 0.05) is 12.7 Å². The van der Waals surface area contributed by atoms with E-state index in [0.29, 0.717) is 43.2 Å². The standard InChI is InChI=1S/C29H38F4O2/c1-7-35-21(5)27(31)26(30)20(4)19(3)10-8-18(2)9-11-23-14-17-25(29(33)28(23)32)22-12-15-24(34-6)16-13-22/h12,14,17-19,24H,4-5,7-11,13,15-16H2,1-3,6H3/b27-26-. The molecule has 0 radical (unpaired) electrons. The molecule has 0 amide bonds. The van der Waals surface area contributed by atoms with Gasteiger partial charge in [-0.2, -0.15) is 4.39 Å². The number of aryl methyl sites for hydroxylation is 1. The molecule has 6 heteroatoms. The summed E-state index contributed by atoms with van der Waals surface area (Å²) in [5.41, 5.74) is 1.57. The minimum Gasteiger partial charge on any atom is -0.491 e. The molecule has 0 N–H and O–H groups in total. The number of allylic oxidation sites excluding steroid dienone is 4. The van der Waals surface area contributed by atoms with Crippen molar-refractivity contribution in [2.45, 2.75) is 71.8 Å². The second-order valence-electron chi connectivity index (χ2n) is 9.39. The Morgan fingerprint density at radius 3 is 2.37 bits per heavy atom. The lowest BCUT2D eigenvalue weighted by Gasteiger charge is -2.21. The van der Waals surface area contributed by atoms with Crippen molar-refractivity contribution < 1.29 is 27.0 Å². The molecule has 3 unspecified atom stereocenters. The van der Waals surface area contributed by atoms with Crippen LogP contribution < -0.4 is 0 Å². The highest BCUT2D eigenvalue weighted by Crippen LogP contribution is 2.33. The van der Waals surface area contributed by atoms with Gasteiger partial charge in [-0.05, 0) is 74.0 Å². The van der Waals surface area contributed by atoms with Gasteiger partial charge in [0.05, 0.1) is 12.7 Å². The molecule has 0 fully saturated rings. The Morgan fingerprint density at radius 2 is 1.77 bits per heavy atom. The number of hydrogen-bond acceptors (Lipinski definition) is 2. The fourth-order valence-corrected chi connectivity index (χ4v) is 4.27. The van der Waals surface area contributed by atoms with E-state index in [4.69, 9.17) is 9.47 Å². The first-order valence-electron chi connectivity index (χ1n) is 12.4. The van der Waals surface area contributed by atoms with E-state index in [0.717, 1.165) is 18.4 Å². The largest absolute Gasteiger partial charge is 0.491 e. The van der Waals surface area contributed by atoms with Gasteiger partial charge >= 0.3 is 0 Å². The maximum absolute atomic E-state index is 14.8. The van der Waals surface area contributed by atoms with Crippen molar-refractivity contribution >= 4 is 5.57 Å². The second-order valence-corrected chi connectivity index (χ2v) is 9.39. The fraction of sp³-hybridized carbons (Fsp3) is 0.517. The predicted octanol–water partition coefficient (Wildman–Crippen LogP) is 8.79. The predicted molar refractivity (Wildman–Crippen MR) is 134 cm³/mol. The van der Waals surface area contributed by atoms with Crippen LogP contribution in [0.15, 0.2) is 54.4 Å². The number of rotatable bonds is 13. The Hall–Kier alpha value is -2.34. The SMILES string of the molecule is C=C(OCC)/C(F)=C(/F)C(=C)C(C)CCC(C)CCc1ccc(C2=CCC(OC)CC2)c(F)c1F. The fourth-order valence-electron chi connectivity index (χ4n) is 4.27. The van der Waals surface area contributed by atoms with Gasteiger partial charge in [0.25, 0.3) is 0 Å². The van der Waals surface area contributed by atoms with E-state index in [1.807, 2.05) is 13.0 Å². The molecule has 2 rings (SSSR count). The van der Waals surface area contributed by atoms with Crippen LogP contribution in [0.3, 0.4) is 0 Å². The molecule has 0 heterocycles. The molecule has 35 heavy (non-hydrogen) atoms. The Bertz CT molecular complexity index is 964. The third-order valence-electron chi connectivity index (χ3n) is 6.84. The molecular formula is C29H38F4O2. The molecule has 0 saturated carbocycles. The summed E-state index contributed by atoms with van der Waals surface area (Å²) in [5, 5.41) is 0. The molecule has 0 bridgehead atoms. The number of methoxy groups -OCH3 is 1. The topological polar surface area (TPSA) is 18.5 Å². The summed E-state index contributed by atoms with van der Waals surface area (Å²) in [4.78, 5) is 0. The zero-order valence-electron chi connectivity index (χ0n) is 21.4. The van der Waals surface area contributed by atoms with Gasteiger partial charge < -0.3 is 9.47 Å². The summed E-state index contributed by atoms with van der Waals surface area (Å²) < 4.78 is 68.3. The summed E-state index contributed by atoms with van der Waals surface area (Å²) in [6.07, 6.45) is 6.59. The maximum atomic E-state index is 14.8. The van der Waals surface area contributed by atoms with E-state index in [1.165, 1.54) is 0 Å². The van der Waals surface area contributed by atoms with Crippen LogP contribution in [0, 0.1) is 23.5 Å². The van der Waals surface area contributed by atoms with Crippen LogP contribution >= 0.6 is 0 Å². The molecule has 1 aliphatic carbocycles. The average molecular weight is 495 g/mol. The number of benzene rings is 1. The average Bonchev–Trinajstić information content (AvgIpc) is 2.86. The minimum atomic E-state index is -1.12. The lowest BCUT2D eigenvalue weighted by atomic mass is 9.88. The summed E-state index contributed by atoms with van der Waals surface area (Å²) in [6, 6.07) is 3.34. The van der Waals surface area contributed by atoms with Crippen LogP contribution in [0.25, 0.3) is 5.57 Å². The molecule has 0 spiro atoms. The molecule has 194 valence electrons. The van der Waals surface area contributed by atoms with Crippen molar-refractivity contribution in [1.82, 2.24) is 0 Å². The van der Waals surface area contributed by atoms with Crippen molar-refractivity contribution in [3.63, 3.8) is 0 Å². The normalized spacial score (nSPS) is 18.4. The highest BCUT2D eigenvalue weighted by Gasteiger charge is 2.22. The molecule has 0 aromatic heterocycles. The Labute approximate surface area is 207 Å². The molecule has 0 saturated heterocycles. The Kier molecular flexibility index (Phi) is 11.3. The first-order valence-corrected chi connectivity index (χ1v) is 12.4. The van der Waals surface area contributed by atoms with E-state index in [2.05, 4.69) is 13.2 Å². The van der Waals surface area contributed by atoms with Gasteiger partial charge in [0.1, 0.15) is 0 Å². The van der Waals surface area contributed by atoms with Crippen molar-refractivity contribution in [3.8, 4) is 0 Å². The lowest BCUT2D eigenvalue weighted by molar-refractivity contribution is 0.0964. The Balaban J connectivity index is 1.91. The molecule has 1 aromatic carbocycles. The van der Waals surface area contributed by atoms with Crippen LogP contribution in [0.5, 0.6) is 0 Å². The lowest BCUT2D eigenvalue weighted by Crippen LogP contribution is -2.14. The number of ether oxygens (including phenoxy) is 2. The van der Waals surface area contributed by atoms with E-state index in [-0.39, 0.29) is 35.9 Å². The van der Waals surface area contributed by atoms with Crippen LogP contribution in [0.2, 0.25) is 0 Å². The maximum Gasteiger partial charge on any atom is 0.200 e. The van der Waals surface area contributed by atoms with Crippen LogP contribution in [0.1, 0.15) is 70.4 Å². The molecular weight excluding hydrogens is 456 g/mol. The van der Waals surface area contributed by atoms with Crippen LogP contribution in [-0.2, 0) is 15.9 Å². The summed E-state index contributed by atoms with van der Waals surface area (Å²) in [7, 11) is 1.66. The summed E-state index contributed by atoms with van der Waals surface area (Å²) >= 11 is 0. The zero-order chi connectivity index (χ0) is 26.1. The summed E-state index contributed by atoms with van der Waals surface area (Å²) in [6.45, 7) is 12.7. The van der Waals surface area contributed by atoms with Gasteiger partial charge in [-0.25, -0.2) is 13.2 Å². The van der Waals surface area contributed by atoms with Gasteiger partial charge in [0.15, 0.2) is 29.0 Å². The molecule has 1 aliphatic rings. The van der Waals surface area contributed by atoms with Crippen molar-refractivity contribution in [3.05, 3.63) is 77.1 Å². The number of hydrogen-bond donors (Lipinski definition) is 0. The monoisotopic (exact) mass is 494 g/mol. The molecule has 1 aromatic rings. The minimum absolute atomic E-state index is 0.0631. The quantitative estimate of drug-likeness (QED) is 0.155. The van der Waals surface area contributed by atoms with E-state index < -0.39 is 23.3 Å². The van der Waals surface area contributed by atoms with Crippen LogP contribution in [-0.4, -0.2) is 19.8 Å². The summed E-state index contributed by atoms with van der Waals surface area (Å²) in [5.74, 6) is -4.18. The van der Waals surface area contributed by atoms with Crippen molar-refractivity contribution in [2.75, 3.05) is 13.7 Å². The zero-order valence-corrected chi connectivity index (χ0v) is 21.4. The van der Waals surface area contributed by atoms with Crippen LogP contribution in [0.4, 0.5) is 17.6 Å². The van der Waals surface area contributed by atoms with Crippen molar-refractivity contribution in [1.29, 1.82) is 0 Å². The molecule has 3 atom stereocenters. The first kappa shape index (κ1) is 28.9. The molecule has 2 nitrogen and oxygen atoms in total.